The Kier molecular flexibility index (Phi) is 2.81. The van der Waals surface area contributed by atoms with Crippen molar-refractivity contribution in [3.63, 3.8) is 0 Å². The third-order valence-electron chi connectivity index (χ3n) is 1.60. The number of rotatable bonds is 2. The van der Waals surface area contributed by atoms with Crippen molar-refractivity contribution < 1.29 is 19.1 Å². The zero-order valence-corrected chi connectivity index (χ0v) is 7.37. The molecule has 1 rings (SSSR count). The van der Waals surface area contributed by atoms with Gasteiger partial charge in [-0.25, -0.2) is 4.39 Å². The summed E-state index contributed by atoms with van der Waals surface area (Å²) in [6.45, 7) is 1.25. The van der Waals surface area contributed by atoms with Crippen LogP contribution >= 0.6 is 0 Å². The normalized spacial score (nSPS) is 9.57. The molecule has 0 aliphatic carbocycles. The van der Waals surface area contributed by atoms with Crippen LogP contribution < -0.4 is 5.32 Å². The quantitative estimate of drug-likeness (QED) is 0.702. The van der Waals surface area contributed by atoms with Gasteiger partial charge in [0, 0.05) is 6.92 Å². The molecule has 0 spiro atoms. The highest BCUT2D eigenvalue weighted by Gasteiger charge is 2.12. The smallest absolute Gasteiger partial charge is 0.221 e. The van der Waals surface area contributed by atoms with Crippen LogP contribution in [0.3, 0.4) is 0 Å². The van der Waals surface area contributed by atoms with Gasteiger partial charge in [0.2, 0.25) is 5.91 Å². The highest BCUT2D eigenvalue weighted by atomic mass is 19.1. The predicted molar refractivity (Wildman–Crippen MR) is 47.8 cm³/mol. The zero-order chi connectivity index (χ0) is 10.7. The van der Waals surface area contributed by atoms with E-state index < -0.39 is 17.5 Å². The SMILES string of the molecule is CC(=O)Nc1ccc(F)c(O)c1C=O. The van der Waals surface area contributed by atoms with Gasteiger partial charge in [-0.1, -0.05) is 0 Å². The molecule has 2 N–H and O–H groups in total. The largest absolute Gasteiger partial charge is 0.504 e. The van der Waals surface area contributed by atoms with Crippen molar-refractivity contribution in [2.75, 3.05) is 5.32 Å². The van der Waals surface area contributed by atoms with Gasteiger partial charge in [-0.15, -0.1) is 0 Å². The van der Waals surface area contributed by atoms with Crippen molar-refractivity contribution in [3.05, 3.63) is 23.5 Å². The third kappa shape index (κ3) is 1.87. The Morgan fingerprint density at radius 2 is 2.21 bits per heavy atom. The van der Waals surface area contributed by atoms with Crippen LogP contribution in [0.1, 0.15) is 17.3 Å². The first-order valence-electron chi connectivity index (χ1n) is 3.80. The van der Waals surface area contributed by atoms with Crippen LogP contribution in [0, 0.1) is 5.82 Å². The van der Waals surface area contributed by atoms with Crippen LogP contribution in [-0.4, -0.2) is 17.3 Å². The Hall–Kier alpha value is -1.91. The number of phenolic OH excluding ortho intramolecular Hbond substituents is 1. The number of carbonyl (C=O) groups is 2. The van der Waals surface area contributed by atoms with Gasteiger partial charge in [0.05, 0.1) is 11.3 Å². The second-order valence-corrected chi connectivity index (χ2v) is 2.66. The van der Waals surface area contributed by atoms with Crippen LogP contribution in [-0.2, 0) is 4.79 Å². The number of hydrogen-bond acceptors (Lipinski definition) is 3. The molecule has 0 saturated carbocycles. The minimum absolute atomic E-state index is 0.0893. The molecule has 1 amide bonds. The first kappa shape index (κ1) is 10.2. The second kappa shape index (κ2) is 3.87. The average molecular weight is 197 g/mol. The van der Waals surface area contributed by atoms with Gasteiger partial charge in [-0.2, -0.15) is 0 Å². The van der Waals surface area contributed by atoms with Crippen molar-refractivity contribution in [3.8, 4) is 5.75 Å². The molecule has 0 atom stereocenters. The molecule has 0 saturated heterocycles. The van der Waals surface area contributed by atoms with Gasteiger partial charge >= 0.3 is 0 Å². The summed E-state index contributed by atoms with van der Waals surface area (Å²) >= 11 is 0. The molecule has 0 unspecified atom stereocenters. The van der Waals surface area contributed by atoms with Crippen molar-refractivity contribution in [2.24, 2.45) is 0 Å². The Morgan fingerprint density at radius 3 is 2.71 bits per heavy atom. The first-order chi connectivity index (χ1) is 6.56. The minimum Gasteiger partial charge on any atom is -0.504 e. The lowest BCUT2D eigenvalue weighted by molar-refractivity contribution is -0.114. The average Bonchev–Trinajstić information content (AvgIpc) is 2.11. The number of amides is 1. The molecule has 0 bridgehead atoms. The van der Waals surface area contributed by atoms with Gasteiger partial charge < -0.3 is 10.4 Å². The number of anilines is 1. The first-order valence-corrected chi connectivity index (χ1v) is 3.80. The third-order valence-corrected chi connectivity index (χ3v) is 1.60. The van der Waals surface area contributed by atoms with Crippen LogP contribution in [0.4, 0.5) is 10.1 Å². The number of halogens is 1. The number of aldehydes is 1. The van der Waals surface area contributed by atoms with E-state index in [9.17, 15) is 14.0 Å². The lowest BCUT2D eigenvalue weighted by atomic mass is 10.1. The maximum Gasteiger partial charge on any atom is 0.221 e. The topological polar surface area (TPSA) is 66.4 Å². The summed E-state index contributed by atoms with van der Waals surface area (Å²) in [7, 11) is 0. The molecule has 0 aromatic heterocycles. The number of phenols is 1. The molecule has 0 radical (unpaired) electrons. The van der Waals surface area contributed by atoms with Gasteiger partial charge in [0.1, 0.15) is 0 Å². The molecule has 0 aliphatic rings. The molecule has 0 heterocycles. The second-order valence-electron chi connectivity index (χ2n) is 2.66. The molecule has 74 valence electrons. The Bertz CT molecular complexity index is 390. The number of hydrogen-bond donors (Lipinski definition) is 2. The van der Waals surface area contributed by atoms with E-state index in [1.54, 1.807) is 0 Å². The van der Waals surface area contributed by atoms with Crippen molar-refractivity contribution in [1.29, 1.82) is 0 Å². The van der Waals surface area contributed by atoms with Crippen LogP contribution in [0.2, 0.25) is 0 Å². The lowest BCUT2D eigenvalue weighted by Crippen LogP contribution is -2.08. The fourth-order valence-electron chi connectivity index (χ4n) is 0.999. The Labute approximate surface area is 79.4 Å². The number of benzene rings is 1. The van der Waals surface area contributed by atoms with Gasteiger partial charge in [0.25, 0.3) is 0 Å². The van der Waals surface area contributed by atoms with Crippen molar-refractivity contribution >= 4 is 17.9 Å². The highest BCUT2D eigenvalue weighted by molar-refractivity contribution is 5.96. The lowest BCUT2D eigenvalue weighted by Gasteiger charge is -2.06. The molecule has 14 heavy (non-hydrogen) atoms. The molecule has 5 heteroatoms. The fraction of sp³-hybridized carbons (Fsp3) is 0.111. The monoisotopic (exact) mass is 197 g/mol. The summed E-state index contributed by atoms with van der Waals surface area (Å²) in [6.07, 6.45) is 0.281. The van der Waals surface area contributed by atoms with Gasteiger partial charge in [-0.3, -0.25) is 9.59 Å². The van der Waals surface area contributed by atoms with Crippen LogP contribution in [0.5, 0.6) is 5.75 Å². The van der Waals surface area contributed by atoms with E-state index in [4.69, 9.17) is 5.11 Å². The Morgan fingerprint density at radius 1 is 1.57 bits per heavy atom. The van der Waals surface area contributed by atoms with E-state index in [1.807, 2.05) is 0 Å². The van der Waals surface area contributed by atoms with E-state index >= 15 is 0 Å². The fourth-order valence-corrected chi connectivity index (χ4v) is 0.999. The van der Waals surface area contributed by atoms with Gasteiger partial charge in [-0.05, 0) is 12.1 Å². The van der Waals surface area contributed by atoms with Crippen molar-refractivity contribution in [1.82, 2.24) is 0 Å². The number of carbonyl (C=O) groups excluding carboxylic acids is 2. The summed E-state index contributed by atoms with van der Waals surface area (Å²) in [5.41, 5.74) is -0.174. The summed E-state index contributed by atoms with van der Waals surface area (Å²) in [5.74, 6) is -2.06. The molecule has 4 nitrogen and oxygen atoms in total. The molecular formula is C9H8FNO3. The van der Waals surface area contributed by atoms with E-state index in [2.05, 4.69) is 5.32 Å². The maximum absolute atomic E-state index is 12.8. The maximum atomic E-state index is 12.8. The van der Waals surface area contributed by atoms with Crippen LogP contribution in [0.25, 0.3) is 0 Å². The molecular weight excluding hydrogens is 189 g/mol. The highest BCUT2D eigenvalue weighted by Crippen LogP contribution is 2.26. The van der Waals surface area contributed by atoms with Crippen molar-refractivity contribution in [2.45, 2.75) is 6.92 Å². The van der Waals surface area contributed by atoms with Gasteiger partial charge in [0.15, 0.2) is 17.9 Å². The standard InChI is InChI=1S/C9H8FNO3/c1-5(13)11-8-3-2-7(10)9(14)6(8)4-12/h2-4,14H,1H3,(H,11,13). The minimum atomic E-state index is -0.902. The molecule has 1 aromatic carbocycles. The summed E-state index contributed by atoms with van der Waals surface area (Å²) < 4.78 is 12.8. The summed E-state index contributed by atoms with van der Waals surface area (Å²) in [6, 6.07) is 2.17. The van der Waals surface area contributed by atoms with Crippen LogP contribution in [0.15, 0.2) is 12.1 Å². The number of nitrogens with one attached hydrogen (secondary N) is 1. The number of aromatic hydroxyl groups is 1. The molecule has 0 aliphatic heterocycles. The molecule has 0 fully saturated rings. The van der Waals surface area contributed by atoms with E-state index in [0.29, 0.717) is 0 Å². The summed E-state index contributed by atoms with van der Waals surface area (Å²) in [5, 5.41) is 11.4. The van der Waals surface area contributed by atoms with E-state index in [-0.39, 0.29) is 17.5 Å². The Balaban J connectivity index is 3.23. The summed E-state index contributed by atoms with van der Waals surface area (Å²) in [4.78, 5) is 21.2. The van der Waals surface area contributed by atoms with E-state index in [0.717, 1.165) is 6.07 Å². The zero-order valence-electron chi connectivity index (χ0n) is 7.37. The molecule has 1 aromatic rings. The predicted octanol–water partition coefficient (Wildman–Crippen LogP) is 1.30. The van der Waals surface area contributed by atoms with E-state index in [1.165, 1.54) is 13.0 Å².